The van der Waals surface area contributed by atoms with Crippen LogP contribution in [0.2, 0.25) is 0 Å². The number of benzene rings is 1. The quantitative estimate of drug-likeness (QED) is 0.878. The van der Waals surface area contributed by atoms with Crippen LogP contribution in [0.1, 0.15) is 39.2 Å². The predicted octanol–water partition coefficient (Wildman–Crippen LogP) is 2.82. The number of amides is 1. The molecule has 122 valence electrons. The monoisotopic (exact) mass is 304 g/mol. The van der Waals surface area contributed by atoms with Gasteiger partial charge in [0.15, 0.2) is 0 Å². The first kappa shape index (κ1) is 16.8. The summed E-state index contributed by atoms with van der Waals surface area (Å²) in [5.74, 6) is 1.32. The maximum Gasteiger partial charge on any atom is 0.223 e. The minimum Gasteiger partial charge on any atom is -0.494 e. The first-order chi connectivity index (χ1) is 10.6. The fraction of sp³-hybridized carbons (Fsp3) is 0.611. The Labute approximate surface area is 133 Å². The van der Waals surface area contributed by atoms with Crippen LogP contribution in [-0.4, -0.2) is 36.5 Å². The summed E-state index contributed by atoms with van der Waals surface area (Å²) >= 11 is 0. The molecule has 4 heteroatoms. The third-order valence-corrected chi connectivity index (χ3v) is 4.03. The lowest BCUT2D eigenvalue weighted by Crippen LogP contribution is -2.42. The molecule has 0 aliphatic carbocycles. The number of carbonyl (C=O) groups excluding carboxylic acids is 1. The van der Waals surface area contributed by atoms with Gasteiger partial charge in [-0.2, -0.15) is 0 Å². The summed E-state index contributed by atoms with van der Waals surface area (Å²) in [5, 5.41) is 3.02. The number of piperidine rings is 1. The number of ether oxygens (including phenoxy) is 1. The highest BCUT2D eigenvalue weighted by molar-refractivity contribution is 5.78. The van der Waals surface area contributed by atoms with Gasteiger partial charge in [-0.1, -0.05) is 12.1 Å². The van der Waals surface area contributed by atoms with E-state index >= 15 is 0 Å². The summed E-state index contributed by atoms with van der Waals surface area (Å²) in [6.45, 7) is 9.65. The minimum absolute atomic E-state index is 0.180. The molecule has 1 fully saturated rings. The Balaban J connectivity index is 1.78. The van der Waals surface area contributed by atoms with Crippen molar-refractivity contribution in [2.45, 2.75) is 46.2 Å². The van der Waals surface area contributed by atoms with Crippen molar-refractivity contribution in [2.75, 3.05) is 19.7 Å². The first-order valence-electron chi connectivity index (χ1n) is 8.33. The number of nitrogens with zero attached hydrogens (tertiary/aromatic N) is 1. The van der Waals surface area contributed by atoms with Gasteiger partial charge in [0.25, 0.3) is 0 Å². The molecule has 1 amide bonds. The second-order valence-electron chi connectivity index (χ2n) is 6.29. The summed E-state index contributed by atoms with van der Waals surface area (Å²) in [7, 11) is 0. The van der Waals surface area contributed by atoms with Crippen LogP contribution in [0.5, 0.6) is 5.75 Å². The molecule has 0 radical (unpaired) electrons. The molecule has 22 heavy (non-hydrogen) atoms. The van der Waals surface area contributed by atoms with Crippen LogP contribution in [-0.2, 0) is 11.3 Å². The lowest BCUT2D eigenvalue weighted by Gasteiger charge is -2.31. The van der Waals surface area contributed by atoms with E-state index in [0.29, 0.717) is 6.61 Å². The van der Waals surface area contributed by atoms with E-state index in [2.05, 4.69) is 22.3 Å². The molecule has 0 bridgehead atoms. The second kappa shape index (κ2) is 8.18. The van der Waals surface area contributed by atoms with E-state index in [0.717, 1.165) is 38.2 Å². The molecule has 2 rings (SSSR count). The van der Waals surface area contributed by atoms with E-state index in [1.807, 2.05) is 32.9 Å². The molecule has 4 nitrogen and oxygen atoms in total. The largest absolute Gasteiger partial charge is 0.494 e. The smallest absolute Gasteiger partial charge is 0.223 e. The number of nitrogens with one attached hydrogen (secondary N) is 1. The number of rotatable bonds is 6. The molecule has 1 heterocycles. The maximum absolute atomic E-state index is 12.0. The van der Waals surface area contributed by atoms with Gasteiger partial charge in [0, 0.05) is 18.5 Å². The van der Waals surface area contributed by atoms with E-state index < -0.39 is 0 Å². The Morgan fingerprint density at radius 1 is 1.27 bits per heavy atom. The van der Waals surface area contributed by atoms with Gasteiger partial charge < -0.3 is 10.1 Å². The Morgan fingerprint density at radius 2 is 1.91 bits per heavy atom. The van der Waals surface area contributed by atoms with Gasteiger partial charge in [0.2, 0.25) is 5.91 Å². The number of hydrogen-bond acceptors (Lipinski definition) is 3. The molecular weight excluding hydrogens is 276 g/mol. The zero-order chi connectivity index (χ0) is 15.9. The molecule has 1 aromatic rings. The molecule has 0 aromatic heterocycles. The van der Waals surface area contributed by atoms with Gasteiger partial charge in [0.05, 0.1) is 6.61 Å². The van der Waals surface area contributed by atoms with Crippen LogP contribution in [0.25, 0.3) is 0 Å². The van der Waals surface area contributed by atoms with E-state index in [9.17, 15) is 4.79 Å². The van der Waals surface area contributed by atoms with Crippen molar-refractivity contribution in [3.05, 3.63) is 29.8 Å². The molecule has 1 saturated heterocycles. The number of likely N-dealkylation sites (tertiary alicyclic amines) is 1. The second-order valence-corrected chi connectivity index (χ2v) is 6.29. The van der Waals surface area contributed by atoms with Crippen molar-refractivity contribution < 1.29 is 9.53 Å². The van der Waals surface area contributed by atoms with Crippen LogP contribution < -0.4 is 10.1 Å². The Kier molecular flexibility index (Phi) is 6.25. The van der Waals surface area contributed by atoms with Crippen molar-refractivity contribution in [1.82, 2.24) is 10.2 Å². The van der Waals surface area contributed by atoms with E-state index in [1.165, 1.54) is 5.56 Å². The van der Waals surface area contributed by atoms with Gasteiger partial charge in [-0.3, -0.25) is 9.69 Å². The SMILES string of the molecule is CCOc1ccc(CN2CCC(C(=O)NC(C)C)CC2)cc1. The molecule has 0 atom stereocenters. The average molecular weight is 304 g/mol. The highest BCUT2D eigenvalue weighted by Gasteiger charge is 2.25. The van der Waals surface area contributed by atoms with Gasteiger partial charge in [-0.05, 0) is 64.4 Å². The van der Waals surface area contributed by atoms with Crippen molar-refractivity contribution in [2.24, 2.45) is 5.92 Å². The fourth-order valence-corrected chi connectivity index (χ4v) is 2.87. The summed E-state index contributed by atoms with van der Waals surface area (Å²) < 4.78 is 5.46. The summed E-state index contributed by atoms with van der Waals surface area (Å²) in [5.41, 5.74) is 1.30. The summed E-state index contributed by atoms with van der Waals surface area (Å²) in [6, 6.07) is 8.54. The third-order valence-electron chi connectivity index (χ3n) is 4.03. The highest BCUT2D eigenvalue weighted by Crippen LogP contribution is 2.20. The Hall–Kier alpha value is -1.55. The topological polar surface area (TPSA) is 41.6 Å². The summed E-state index contributed by atoms with van der Waals surface area (Å²) in [4.78, 5) is 14.5. The van der Waals surface area contributed by atoms with Crippen molar-refractivity contribution in [3.63, 3.8) is 0 Å². The molecule has 0 spiro atoms. The lowest BCUT2D eigenvalue weighted by molar-refractivity contribution is -0.127. The molecule has 0 unspecified atom stereocenters. The first-order valence-corrected chi connectivity index (χ1v) is 8.33. The molecule has 1 aliphatic heterocycles. The van der Waals surface area contributed by atoms with Crippen LogP contribution in [0.4, 0.5) is 0 Å². The van der Waals surface area contributed by atoms with E-state index in [1.54, 1.807) is 0 Å². The maximum atomic E-state index is 12.0. The molecular formula is C18H28N2O2. The zero-order valence-electron chi connectivity index (χ0n) is 14.0. The van der Waals surface area contributed by atoms with Crippen LogP contribution in [0.15, 0.2) is 24.3 Å². The fourth-order valence-electron chi connectivity index (χ4n) is 2.87. The number of hydrogen-bond donors (Lipinski definition) is 1. The third kappa shape index (κ3) is 5.02. The molecule has 1 N–H and O–H groups in total. The van der Waals surface area contributed by atoms with Gasteiger partial charge in [-0.15, -0.1) is 0 Å². The molecule has 1 aromatic carbocycles. The van der Waals surface area contributed by atoms with Crippen molar-refractivity contribution >= 4 is 5.91 Å². The van der Waals surface area contributed by atoms with Gasteiger partial charge >= 0.3 is 0 Å². The van der Waals surface area contributed by atoms with Crippen LogP contribution in [0.3, 0.4) is 0 Å². The van der Waals surface area contributed by atoms with Crippen LogP contribution in [0, 0.1) is 5.92 Å². The average Bonchev–Trinajstić information content (AvgIpc) is 2.49. The number of carbonyl (C=O) groups is 1. The standard InChI is InChI=1S/C18H28N2O2/c1-4-22-17-7-5-15(6-8-17)13-20-11-9-16(10-12-20)18(21)19-14(2)3/h5-8,14,16H,4,9-13H2,1-3H3,(H,19,21). The Bertz CT molecular complexity index is 462. The van der Waals surface area contributed by atoms with E-state index in [4.69, 9.17) is 4.74 Å². The van der Waals surface area contributed by atoms with Crippen molar-refractivity contribution in [3.8, 4) is 5.75 Å². The minimum atomic E-state index is 0.180. The predicted molar refractivity (Wildman–Crippen MR) is 88.9 cm³/mol. The van der Waals surface area contributed by atoms with E-state index in [-0.39, 0.29) is 17.9 Å². The zero-order valence-corrected chi connectivity index (χ0v) is 14.0. The summed E-state index contributed by atoms with van der Waals surface area (Å²) in [6.07, 6.45) is 1.91. The normalized spacial score (nSPS) is 16.7. The van der Waals surface area contributed by atoms with Crippen LogP contribution >= 0.6 is 0 Å². The van der Waals surface area contributed by atoms with Gasteiger partial charge in [-0.25, -0.2) is 0 Å². The lowest BCUT2D eigenvalue weighted by atomic mass is 9.95. The molecule has 0 saturated carbocycles. The van der Waals surface area contributed by atoms with Crippen molar-refractivity contribution in [1.29, 1.82) is 0 Å². The molecule has 1 aliphatic rings. The Morgan fingerprint density at radius 3 is 2.45 bits per heavy atom. The highest BCUT2D eigenvalue weighted by atomic mass is 16.5. The van der Waals surface area contributed by atoms with Gasteiger partial charge in [0.1, 0.15) is 5.75 Å².